The second-order valence-electron chi connectivity index (χ2n) is 8.80. The van der Waals surface area contributed by atoms with Crippen molar-refractivity contribution in [2.24, 2.45) is 5.73 Å². The normalized spacial score (nSPS) is 19.6. The Labute approximate surface area is 204 Å². The van der Waals surface area contributed by atoms with Crippen molar-refractivity contribution in [1.29, 1.82) is 5.26 Å². The van der Waals surface area contributed by atoms with Crippen LogP contribution in [0.4, 0.5) is 11.5 Å². The SMILES string of the molecule is CNc1cnc(C(C#N)=CN)c(-c2ccc(N3CC4CC(C3)N4Cc3ccc(OC)nc3)nc2)c1. The zero-order chi connectivity index (χ0) is 24.4. The van der Waals surface area contributed by atoms with Crippen molar-refractivity contribution in [2.75, 3.05) is 37.5 Å². The monoisotopic (exact) mass is 468 g/mol. The molecule has 9 nitrogen and oxygen atoms in total. The van der Waals surface area contributed by atoms with Crippen LogP contribution in [0.15, 0.2) is 55.1 Å². The number of nitrogens with zero attached hydrogens (tertiary/aromatic N) is 6. The van der Waals surface area contributed by atoms with Gasteiger partial charge in [-0.25, -0.2) is 9.97 Å². The highest BCUT2D eigenvalue weighted by molar-refractivity contribution is 5.86. The second-order valence-corrected chi connectivity index (χ2v) is 8.80. The molecule has 0 saturated carbocycles. The highest BCUT2D eigenvalue weighted by Crippen LogP contribution is 2.36. The maximum Gasteiger partial charge on any atom is 0.212 e. The largest absolute Gasteiger partial charge is 0.481 e. The number of nitrogens with two attached hydrogens (primary N) is 1. The summed E-state index contributed by atoms with van der Waals surface area (Å²) in [5.74, 6) is 1.60. The number of piperidine rings is 1. The first-order valence-corrected chi connectivity index (χ1v) is 11.6. The van der Waals surface area contributed by atoms with Gasteiger partial charge in [-0.15, -0.1) is 0 Å². The van der Waals surface area contributed by atoms with Gasteiger partial charge in [-0.2, -0.15) is 5.26 Å². The number of nitriles is 1. The van der Waals surface area contributed by atoms with E-state index in [-0.39, 0.29) is 0 Å². The summed E-state index contributed by atoms with van der Waals surface area (Å²) in [6.45, 7) is 2.80. The smallest absolute Gasteiger partial charge is 0.212 e. The lowest BCUT2D eigenvalue weighted by molar-refractivity contribution is -0.00876. The molecule has 6 rings (SSSR count). The van der Waals surface area contributed by atoms with Crippen molar-refractivity contribution in [3.63, 3.8) is 0 Å². The minimum Gasteiger partial charge on any atom is -0.481 e. The zero-order valence-corrected chi connectivity index (χ0v) is 19.8. The van der Waals surface area contributed by atoms with E-state index in [4.69, 9.17) is 15.5 Å². The van der Waals surface area contributed by atoms with E-state index in [9.17, 15) is 5.26 Å². The van der Waals surface area contributed by atoms with E-state index in [0.717, 1.165) is 42.3 Å². The Hall–Kier alpha value is -4.16. The van der Waals surface area contributed by atoms with Gasteiger partial charge in [0.2, 0.25) is 5.88 Å². The molecule has 3 aromatic heterocycles. The minimum atomic E-state index is 0.329. The molecule has 6 heterocycles. The first-order chi connectivity index (χ1) is 17.1. The number of pyridine rings is 3. The number of piperazine rings is 1. The highest BCUT2D eigenvalue weighted by Gasteiger charge is 2.44. The van der Waals surface area contributed by atoms with E-state index in [2.05, 4.69) is 37.2 Å². The average molecular weight is 469 g/mol. The summed E-state index contributed by atoms with van der Waals surface area (Å²) in [4.78, 5) is 18.5. The number of nitrogens with one attached hydrogen (secondary N) is 1. The van der Waals surface area contributed by atoms with Crippen LogP contribution in [0, 0.1) is 11.3 Å². The topological polar surface area (TPSA) is 116 Å². The van der Waals surface area contributed by atoms with Crippen molar-refractivity contribution in [3.05, 3.63) is 66.4 Å². The molecule has 3 aromatic rings. The lowest BCUT2D eigenvalue weighted by atomic mass is 9.87. The fourth-order valence-electron chi connectivity index (χ4n) is 4.91. The molecule has 0 spiro atoms. The van der Waals surface area contributed by atoms with Crippen LogP contribution in [0.5, 0.6) is 5.88 Å². The standard InChI is InChI=1S/C26H28N8O/c1-29-20-7-23(26(32-13-20)19(9-27)10-28)18-4-5-24(30-12-18)33-15-21-8-22(16-33)34(21)14-17-3-6-25(35-2)31-11-17/h3-7,9,11-13,21-22,29H,8,14-16,27H2,1-2H3. The molecule has 9 heteroatoms. The van der Waals surface area contributed by atoms with Gasteiger partial charge >= 0.3 is 0 Å². The molecule has 0 aromatic carbocycles. The maximum atomic E-state index is 9.47. The fraction of sp³-hybridized carbons (Fsp3) is 0.308. The first kappa shape index (κ1) is 22.6. The Balaban J connectivity index is 1.30. The van der Waals surface area contributed by atoms with Crippen LogP contribution in [0.3, 0.4) is 0 Å². The molecule has 2 unspecified atom stereocenters. The van der Waals surface area contributed by atoms with Crippen molar-refractivity contribution >= 4 is 17.1 Å². The predicted molar refractivity (Wildman–Crippen MR) is 136 cm³/mol. The summed E-state index contributed by atoms with van der Waals surface area (Å²) in [7, 11) is 3.47. The van der Waals surface area contributed by atoms with E-state index < -0.39 is 0 Å². The van der Waals surface area contributed by atoms with Gasteiger partial charge in [0.1, 0.15) is 11.9 Å². The molecule has 35 heavy (non-hydrogen) atoms. The van der Waals surface area contributed by atoms with Crippen LogP contribution in [0.2, 0.25) is 0 Å². The zero-order valence-electron chi connectivity index (χ0n) is 19.8. The van der Waals surface area contributed by atoms with Crippen molar-refractivity contribution in [3.8, 4) is 23.1 Å². The molecule has 0 aliphatic carbocycles. The molecule has 3 aliphatic heterocycles. The number of rotatable bonds is 7. The Bertz CT molecular complexity index is 1250. The molecular formula is C26H28N8O. The van der Waals surface area contributed by atoms with Crippen LogP contribution >= 0.6 is 0 Å². The summed E-state index contributed by atoms with van der Waals surface area (Å²) >= 11 is 0. The number of fused-ring (bicyclic) bond motifs is 2. The summed E-state index contributed by atoms with van der Waals surface area (Å²) in [5.41, 5.74) is 10.3. The molecule has 2 atom stereocenters. The van der Waals surface area contributed by atoms with Crippen LogP contribution in [-0.4, -0.2) is 59.2 Å². The first-order valence-electron chi connectivity index (χ1n) is 11.6. The summed E-state index contributed by atoms with van der Waals surface area (Å²) in [5, 5.41) is 12.6. The molecule has 3 saturated heterocycles. The number of anilines is 2. The number of hydrogen-bond acceptors (Lipinski definition) is 9. The van der Waals surface area contributed by atoms with Crippen molar-refractivity contribution in [2.45, 2.75) is 25.0 Å². The Morgan fingerprint density at radius 2 is 2.00 bits per heavy atom. The molecular weight excluding hydrogens is 440 g/mol. The quantitative estimate of drug-likeness (QED) is 0.505. The molecule has 0 radical (unpaired) electrons. The van der Waals surface area contributed by atoms with Crippen LogP contribution in [-0.2, 0) is 6.54 Å². The van der Waals surface area contributed by atoms with Crippen LogP contribution < -0.4 is 20.7 Å². The van der Waals surface area contributed by atoms with E-state index in [1.54, 1.807) is 13.3 Å². The van der Waals surface area contributed by atoms with Gasteiger partial charge in [-0.05, 0) is 30.2 Å². The average Bonchev–Trinajstić information content (AvgIpc) is 2.93. The number of hydrogen-bond donors (Lipinski definition) is 2. The van der Waals surface area contributed by atoms with Crippen molar-refractivity contribution < 1.29 is 4.74 Å². The third kappa shape index (κ3) is 4.36. The molecule has 178 valence electrons. The van der Waals surface area contributed by atoms with Crippen molar-refractivity contribution in [1.82, 2.24) is 19.9 Å². The Morgan fingerprint density at radius 1 is 1.17 bits per heavy atom. The summed E-state index contributed by atoms with van der Waals surface area (Å²) in [6.07, 6.45) is 7.94. The molecule has 3 fully saturated rings. The third-order valence-electron chi connectivity index (χ3n) is 6.82. The lowest BCUT2D eigenvalue weighted by Gasteiger charge is -2.56. The van der Waals surface area contributed by atoms with Gasteiger partial charge in [0, 0.05) is 74.6 Å². The number of ether oxygens (including phenoxy) is 1. The molecule has 3 N–H and O–H groups in total. The van der Waals surface area contributed by atoms with Gasteiger partial charge in [0.25, 0.3) is 0 Å². The fourth-order valence-corrected chi connectivity index (χ4v) is 4.91. The van der Waals surface area contributed by atoms with Gasteiger partial charge in [-0.1, -0.05) is 6.07 Å². The van der Waals surface area contributed by atoms with E-state index in [0.29, 0.717) is 29.2 Å². The van der Waals surface area contributed by atoms with Gasteiger partial charge in [-0.3, -0.25) is 9.88 Å². The maximum absolute atomic E-state index is 9.47. The second kappa shape index (κ2) is 9.60. The summed E-state index contributed by atoms with van der Waals surface area (Å²) in [6, 6.07) is 13.2. The number of aromatic nitrogens is 3. The minimum absolute atomic E-state index is 0.329. The molecule has 2 bridgehead atoms. The van der Waals surface area contributed by atoms with E-state index in [1.807, 2.05) is 43.7 Å². The van der Waals surface area contributed by atoms with Gasteiger partial charge in [0.05, 0.1) is 30.3 Å². The number of methoxy groups -OCH3 is 1. The van der Waals surface area contributed by atoms with Gasteiger partial charge in [0.15, 0.2) is 0 Å². The van der Waals surface area contributed by atoms with Gasteiger partial charge < -0.3 is 20.7 Å². The predicted octanol–water partition coefficient (Wildman–Crippen LogP) is 2.88. The highest BCUT2D eigenvalue weighted by atomic mass is 16.5. The van der Waals surface area contributed by atoms with E-state index in [1.165, 1.54) is 18.2 Å². The molecule has 3 aliphatic rings. The lowest BCUT2D eigenvalue weighted by Crippen LogP contribution is -2.68. The Morgan fingerprint density at radius 3 is 2.60 bits per heavy atom. The summed E-state index contributed by atoms with van der Waals surface area (Å²) < 4.78 is 5.16. The third-order valence-corrected chi connectivity index (χ3v) is 6.82. The van der Waals surface area contributed by atoms with Crippen LogP contribution in [0.25, 0.3) is 16.7 Å². The molecule has 0 amide bonds. The van der Waals surface area contributed by atoms with Crippen LogP contribution in [0.1, 0.15) is 17.7 Å². The number of allylic oxidation sites excluding steroid dienone is 1. The van der Waals surface area contributed by atoms with E-state index >= 15 is 0 Å². The Kier molecular flexibility index (Phi) is 6.21.